The summed E-state index contributed by atoms with van der Waals surface area (Å²) in [4.78, 5) is 41.6. The molecule has 1 aliphatic carbocycles. The van der Waals surface area contributed by atoms with Crippen molar-refractivity contribution in [2.75, 3.05) is 5.32 Å². The molecule has 0 fully saturated rings. The molecule has 2 heterocycles. The van der Waals surface area contributed by atoms with E-state index in [2.05, 4.69) is 15.6 Å². The molecule has 8 nitrogen and oxygen atoms in total. The Labute approximate surface area is 189 Å². The molecule has 0 spiro atoms. The van der Waals surface area contributed by atoms with Crippen LogP contribution in [0.1, 0.15) is 43.4 Å². The first-order valence-corrected chi connectivity index (χ1v) is 10.6. The van der Waals surface area contributed by atoms with Crippen LogP contribution in [0.3, 0.4) is 0 Å². The molecule has 0 saturated carbocycles. The number of amides is 1. The monoisotopic (exact) mass is 452 g/mol. The Morgan fingerprint density at radius 3 is 2.75 bits per heavy atom. The number of benzene rings is 1. The third-order valence-electron chi connectivity index (χ3n) is 5.65. The van der Waals surface area contributed by atoms with Crippen molar-refractivity contribution in [3.8, 4) is 0 Å². The van der Waals surface area contributed by atoms with E-state index in [9.17, 15) is 19.7 Å². The second kappa shape index (κ2) is 8.55. The summed E-state index contributed by atoms with van der Waals surface area (Å²) in [7, 11) is 0. The van der Waals surface area contributed by atoms with Gasteiger partial charge in [0.2, 0.25) is 0 Å². The van der Waals surface area contributed by atoms with E-state index in [1.54, 1.807) is 25.1 Å². The maximum absolute atomic E-state index is 13.4. The van der Waals surface area contributed by atoms with Gasteiger partial charge >= 0.3 is 0 Å². The van der Waals surface area contributed by atoms with E-state index < -0.39 is 16.7 Å². The molecular formula is C23H21ClN4O4. The van der Waals surface area contributed by atoms with Crippen molar-refractivity contribution >= 4 is 34.8 Å². The second-order valence-corrected chi connectivity index (χ2v) is 8.26. The van der Waals surface area contributed by atoms with E-state index in [0.29, 0.717) is 47.5 Å². The average molecular weight is 453 g/mol. The molecule has 1 amide bonds. The van der Waals surface area contributed by atoms with Crippen LogP contribution < -0.4 is 10.6 Å². The zero-order valence-electron chi connectivity index (χ0n) is 17.6. The van der Waals surface area contributed by atoms with Crippen LogP contribution in [-0.2, 0) is 9.59 Å². The van der Waals surface area contributed by atoms with Crippen molar-refractivity contribution in [3.63, 3.8) is 0 Å². The van der Waals surface area contributed by atoms with E-state index >= 15 is 0 Å². The number of carbonyl (C=O) groups is 2. The van der Waals surface area contributed by atoms with Crippen LogP contribution in [0.2, 0.25) is 5.02 Å². The van der Waals surface area contributed by atoms with Crippen LogP contribution >= 0.6 is 11.6 Å². The molecular weight excluding hydrogens is 432 g/mol. The van der Waals surface area contributed by atoms with Crippen LogP contribution in [0, 0.1) is 17.0 Å². The summed E-state index contributed by atoms with van der Waals surface area (Å²) in [5.41, 5.74) is 3.07. The first-order chi connectivity index (χ1) is 15.3. The smallest absolute Gasteiger partial charge is 0.288 e. The molecule has 32 heavy (non-hydrogen) atoms. The highest BCUT2D eigenvalue weighted by molar-refractivity contribution is 6.32. The summed E-state index contributed by atoms with van der Waals surface area (Å²) in [6, 6.07) is 9.67. The number of hydrogen-bond donors (Lipinski definition) is 2. The number of nitro groups is 1. The predicted molar refractivity (Wildman–Crippen MR) is 120 cm³/mol. The molecule has 0 unspecified atom stereocenters. The van der Waals surface area contributed by atoms with Crippen molar-refractivity contribution in [2.24, 2.45) is 0 Å². The quantitative estimate of drug-likeness (QED) is 0.519. The largest absolute Gasteiger partial charge is 0.362 e. The van der Waals surface area contributed by atoms with Gasteiger partial charge in [-0.1, -0.05) is 23.7 Å². The topological polar surface area (TPSA) is 114 Å². The Morgan fingerprint density at radius 1 is 1.25 bits per heavy atom. The number of hydrogen-bond acceptors (Lipinski definition) is 6. The molecule has 1 atom stereocenters. The molecule has 1 aliphatic heterocycles. The van der Waals surface area contributed by atoms with Crippen LogP contribution in [0.15, 0.2) is 58.9 Å². The van der Waals surface area contributed by atoms with E-state index in [1.807, 2.05) is 13.0 Å². The lowest BCUT2D eigenvalue weighted by molar-refractivity contribution is -0.384. The summed E-state index contributed by atoms with van der Waals surface area (Å²) < 4.78 is 0. The van der Waals surface area contributed by atoms with Crippen molar-refractivity contribution < 1.29 is 14.5 Å². The average Bonchev–Trinajstić information content (AvgIpc) is 2.73. The molecule has 164 valence electrons. The maximum Gasteiger partial charge on any atom is 0.288 e. The van der Waals surface area contributed by atoms with E-state index in [4.69, 9.17) is 11.6 Å². The van der Waals surface area contributed by atoms with E-state index in [-0.39, 0.29) is 16.5 Å². The van der Waals surface area contributed by atoms with Gasteiger partial charge < -0.3 is 10.6 Å². The Kier molecular flexibility index (Phi) is 5.80. The minimum atomic E-state index is -0.750. The van der Waals surface area contributed by atoms with E-state index in [1.165, 1.54) is 12.1 Å². The van der Waals surface area contributed by atoms with Gasteiger partial charge in [0.05, 0.1) is 4.92 Å². The first-order valence-electron chi connectivity index (χ1n) is 10.2. The summed E-state index contributed by atoms with van der Waals surface area (Å²) in [5.74, 6) is -0.876. The number of nitrogens with one attached hydrogen (secondary N) is 2. The minimum Gasteiger partial charge on any atom is -0.362 e. The SMILES string of the molecule is CC1=C(C(=O)Nc2cccc(C)n2)[C@H](c2ccc(Cl)c([N+](=O)[O-])c2)C2=C(CCCC2=O)N1. The summed E-state index contributed by atoms with van der Waals surface area (Å²) in [5, 5.41) is 17.5. The van der Waals surface area contributed by atoms with Crippen LogP contribution in [0.25, 0.3) is 0 Å². The lowest BCUT2D eigenvalue weighted by Gasteiger charge is -2.34. The first kappa shape index (κ1) is 21.7. The van der Waals surface area contributed by atoms with Gasteiger partial charge in [-0.15, -0.1) is 0 Å². The summed E-state index contributed by atoms with van der Waals surface area (Å²) in [6.45, 7) is 3.58. The van der Waals surface area contributed by atoms with Crippen molar-refractivity contribution in [1.82, 2.24) is 10.3 Å². The number of aromatic nitrogens is 1. The molecule has 0 bridgehead atoms. The zero-order chi connectivity index (χ0) is 23.0. The molecule has 2 aliphatic rings. The normalized spacial score (nSPS) is 18.2. The van der Waals surface area contributed by atoms with Crippen LogP contribution in [0.4, 0.5) is 11.5 Å². The molecule has 1 aromatic heterocycles. The molecule has 0 radical (unpaired) electrons. The lowest BCUT2D eigenvalue weighted by atomic mass is 9.75. The highest BCUT2D eigenvalue weighted by atomic mass is 35.5. The van der Waals surface area contributed by atoms with Gasteiger partial charge in [-0.05, 0) is 50.5 Å². The number of rotatable bonds is 4. The molecule has 9 heteroatoms. The standard InChI is InChI=1S/C23H21ClN4O4/c1-12-5-3-8-19(25-12)27-23(30)20-13(2)26-16-6-4-7-18(29)22(16)21(20)14-9-10-15(24)17(11-14)28(31)32/h3,5,8-11,21,26H,4,6-7H2,1-2H3,(H,25,27,30)/t21-/m0/s1. The number of halogens is 1. The zero-order valence-corrected chi connectivity index (χ0v) is 18.3. The second-order valence-electron chi connectivity index (χ2n) is 7.85. The summed E-state index contributed by atoms with van der Waals surface area (Å²) in [6.07, 6.45) is 1.74. The third kappa shape index (κ3) is 4.01. The van der Waals surface area contributed by atoms with Crippen LogP contribution in [0.5, 0.6) is 0 Å². The molecule has 1 aromatic carbocycles. The highest BCUT2D eigenvalue weighted by Gasteiger charge is 2.39. The fourth-order valence-electron chi connectivity index (χ4n) is 4.26. The van der Waals surface area contributed by atoms with Gasteiger partial charge in [0.15, 0.2) is 5.78 Å². The Hall–Kier alpha value is -3.52. The maximum atomic E-state index is 13.4. The van der Waals surface area contributed by atoms with Gasteiger partial charge in [0.25, 0.3) is 11.6 Å². The number of ketones is 1. The fourth-order valence-corrected chi connectivity index (χ4v) is 4.45. The fraction of sp³-hybridized carbons (Fsp3) is 0.261. The van der Waals surface area contributed by atoms with Crippen molar-refractivity contribution in [3.05, 3.63) is 85.3 Å². The Morgan fingerprint density at radius 2 is 2.03 bits per heavy atom. The van der Waals surface area contributed by atoms with Gasteiger partial charge in [0.1, 0.15) is 10.8 Å². The van der Waals surface area contributed by atoms with Gasteiger partial charge in [-0.25, -0.2) is 4.98 Å². The molecule has 4 rings (SSSR count). The number of pyridine rings is 1. The number of carbonyl (C=O) groups excluding carboxylic acids is 2. The third-order valence-corrected chi connectivity index (χ3v) is 5.97. The van der Waals surface area contributed by atoms with Gasteiger partial charge in [-0.2, -0.15) is 0 Å². The number of anilines is 1. The number of nitro benzene ring substituents is 1. The highest BCUT2D eigenvalue weighted by Crippen LogP contribution is 2.43. The van der Waals surface area contributed by atoms with Gasteiger partial charge in [-0.3, -0.25) is 19.7 Å². The van der Waals surface area contributed by atoms with Crippen molar-refractivity contribution in [2.45, 2.75) is 39.0 Å². The Bertz CT molecular complexity index is 1220. The van der Waals surface area contributed by atoms with Crippen LogP contribution in [-0.4, -0.2) is 21.6 Å². The number of dihydropyridines is 1. The lowest BCUT2D eigenvalue weighted by Crippen LogP contribution is -2.35. The number of nitrogens with zero attached hydrogens (tertiary/aromatic N) is 2. The number of aryl methyl sites for hydroxylation is 1. The van der Waals surface area contributed by atoms with Crippen molar-refractivity contribution in [1.29, 1.82) is 0 Å². The summed E-state index contributed by atoms with van der Waals surface area (Å²) >= 11 is 6.01. The minimum absolute atomic E-state index is 0.00692. The Balaban J connectivity index is 1.84. The predicted octanol–water partition coefficient (Wildman–Crippen LogP) is 4.56. The molecule has 2 N–H and O–H groups in total. The van der Waals surface area contributed by atoms with Gasteiger partial charge in [0, 0.05) is 46.6 Å². The molecule has 0 saturated heterocycles. The number of allylic oxidation sites excluding steroid dienone is 3. The number of Topliss-reactive ketones (excluding diaryl/α,β-unsaturated/α-hetero) is 1. The van der Waals surface area contributed by atoms with E-state index in [0.717, 1.165) is 11.4 Å². The molecule has 2 aromatic rings.